The minimum Gasteiger partial charge on any atom is -0.490 e. The molecule has 18 heavy (non-hydrogen) atoms. The third-order valence-corrected chi connectivity index (χ3v) is 2.46. The second-order valence-corrected chi connectivity index (χ2v) is 5.30. The van der Waals surface area contributed by atoms with Gasteiger partial charge in [0.1, 0.15) is 0 Å². The van der Waals surface area contributed by atoms with E-state index in [0.29, 0.717) is 6.61 Å². The van der Waals surface area contributed by atoms with Crippen molar-refractivity contribution in [2.45, 2.75) is 27.2 Å². The topological polar surface area (TPSA) is 35.5 Å². The SMILES string of the molecule is COC(=O)c1ccc(OCCC(C)(C)C)c(F)c1. The Morgan fingerprint density at radius 2 is 2.00 bits per heavy atom. The number of carbonyl (C=O) groups excluding carboxylic acids is 1. The molecule has 0 aromatic heterocycles. The van der Waals surface area contributed by atoms with E-state index in [1.165, 1.54) is 19.2 Å². The highest BCUT2D eigenvalue weighted by molar-refractivity contribution is 5.89. The van der Waals surface area contributed by atoms with Gasteiger partial charge >= 0.3 is 5.97 Å². The van der Waals surface area contributed by atoms with E-state index in [2.05, 4.69) is 25.5 Å². The molecule has 0 amide bonds. The Morgan fingerprint density at radius 3 is 2.50 bits per heavy atom. The molecule has 0 aliphatic rings. The lowest BCUT2D eigenvalue weighted by molar-refractivity contribution is 0.0600. The first kappa shape index (κ1) is 14.5. The van der Waals surface area contributed by atoms with Crippen LogP contribution in [0.3, 0.4) is 0 Å². The normalized spacial score (nSPS) is 11.2. The van der Waals surface area contributed by atoms with Crippen LogP contribution in [0.1, 0.15) is 37.6 Å². The molecule has 0 radical (unpaired) electrons. The van der Waals surface area contributed by atoms with E-state index in [-0.39, 0.29) is 16.7 Å². The Labute approximate surface area is 107 Å². The van der Waals surface area contributed by atoms with E-state index in [9.17, 15) is 9.18 Å². The van der Waals surface area contributed by atoms with Gasteiger partial charge in [-0.1, -0.05) is 20.8 Å². The maximum Gasteiger partial charge on any atom is 0.337 e. The number of benzene rings is 1. The quantitative estimate of drug-likeness (QED) is 0.772. The summed E-state index contributed by atoms with van der Waals surface area (Å²) >= 11 is 0. The van der Waals surface area contributed by atoms with Gasteiger partial charge in [0, 0.05) is 0 Å². The van der Waals surface area contributed by atoms with Gasteiger partial charge in [0.15, 0.2) is 11.6 Å². The Bertz CT molecular complexity index is 422. The monoisotopic (exact) mass is 254 g/mol. The van der Waals surface area contributed by atoms with Crippen molar-refractivity contribution in [3.63, 3.8) is 0 Å². The molecule has 0 saturated carbocycles. The fraction of sp³-hybridized carbons (Fsp3) is 0.500. The molecular formula is C14H19FO3. The average Bonchev–Trinajstić information content (AvgIpc) is 2.28. The van der Waals surface area contributed by atoms with Crippen LogP contribution in [0, 0.1) is 11.2 Å². The van der Waals surface area contributed by atoms with Crippen molar-refractivity contribution in [2.75, 3.05) is 13.7 Å². The summed E-state index contributed by atoms with van der Waals surface area (Å²) in [4.78, 5) is 11.2. The summed E-state index contributed by atoms with van der Waals surface area (Å²) in [6, 6.07) is 4.06. The van der Waals surface area contributed by atoms with Gasteiger partial charge in [0.05, 0.1) is 19.3 Å². The van der Waals surface area contributed by atoms with Crippen LogP contribution in [0.4, 0.5) is 4.39 Å². The fourth-order valence-corrected chi connectivity index (χ4v) is 1.33. The molecule has 0 aliphatic heterocycles. The number of methoxy groups -OCH3 is 1. The summed E-state index contributed by atoms with van der Waals surface area (Å²) in [6.45, 7) is 6.71. The van der Waals surface area contributed by atoms with Crippen molar-refractivity contribution < 1.29 is 18.7 Å². The van der Waals surface area contributed by atoms with Crippen LogP contribution in [0.2, 0.25) is 0 Å². The molecule has 0 bridgehead atoms. The van der Waals surface area contributed by atoms with Gasteiger partial charge in [-0.25, -0.2) is 9.18 Å². The van der Waals surface area contributed by atoms with Crippen LogP contribution in [0.25, 0.3) is 0 Å². The van der Waals surface area contributed by atoms with E-state index in [1.807, 2.05) is 0 Å². The summed E-state index contributed by atoms with van der Waals surface area (Å²) in [6.07, 6.45) is 0.825. The first-order valence-corrected chi connectivity index (χ1v) is 5.84. The Kier molecular flexibility index (Phi) is 4.70. The standard InChI is InChI=1S/C14H19FO3/c1-14(2,3)7-8-18-12-6-5-10(9-11(12)15)13(16)17-4/h5-6,9H,7-8H2,1-4H3. The van der Waals surface area contributed by atoms with Gasteiger partial charge in [-0.05, 0) is 30.0 Å². The van der Waals surface area contributed by atoms with Gasteiger partial charge in [-0.3, -0.25) is 0 Å². The van der Waals surface area contributed by atoms with Gasteiger partial charge in [-0.2, -0.15) is 0 Å². The van der Waals surface area contributed by atoms with Crippen LogP contribution in [0.5, 0.6) is 5.75 Å². The van der Waals surface area contributed by atoms with Gasteiger partial charge in [0.25, 0.3) is 0 Å². The number of halogens is 1. The summed E-state index contributed by atoms with van der Waals surface area (Å²) in [7, 11) is 1.26. The molecule has 100 valence electrons. The van der Waals surface area contributed by atoms with Crippen molar-refractivity contribution in [1.29, 1.82) is 0 Å². The maximum atomic E-state index is 13.6. The number of rotatable bonds is 4. The number of carbonyl (C=O) groups is 1. The van der Waals surface area contributed by atoms with Crippen LogP contribution in [-0.2, 0) is 4.74 Å². The molecular weight excluding hydrogens is 235 g/mol. The fourth-order valence-electron chi connectivity index (χ4n) is 1.33. The molecule has 0 heterocycles. The number of hydrogen-bond acceptors (Lipinski definition) is 3. The predicted octanol–water partition coefficient (Wildman–Crippen LogP) is 3.43. The second-order valence-electron chi connectivity index (χ2n) is 5.30. The Morgan fingerprint density at radius 1 is 1.33 bits per heavy atom. The van der Waals surface area contributed by atoms with Gasteiger partial charge < -0.3 is 9.47 Å². The summed E-state index contributed by atoms with van der Waals surface area (Å²) in [5.74, 6) is -0.950. The van der Waals surface area contributed by atoms with Crippen molar-refractivity contribution in [3.05, 3.63) is 29.6 Å². The van der Waals surface area contributed by atoms with E-state index in [0.717, 1.165) is 12.5 Å². The summed E-state index contributed by atoms with van der Waals surface area (Å²) < 4.78 is 23.5. The lowest BCUT2D eigenvalue weighted by Gasteiger charge is -2.18. The zero-order valence-corrected chi connectivity index (χ0v) is 11.2. The van der Waals surface area contributed by atoms with Gasteiger partial charge in [-0.15, -0.1) is 0 Å². The van der Waals surface area contributed by atoms with Crippen molar-refractivity contribution in [3.8, 4) is 5.75 Å². The average molecular weight is 254 g/mol. The third kappa shape index (κ3) is 4.35. The largest absolute Gasteiger partial charge is 0.490 e. The van der Waals surface area contributed by atoms with Crippen LogP contribution in [0.15, 0.2) is 18.2 Å². The number of ether oxygens (including phenoxy) is 2. The smallest absolute Gasteiger partial charge is 0.337 e. The molecule has 0 atom stereocenters. The molecule has 1 rings (SSSR count). The zero-order chi connectivity index (χ0) is 13.8. The summed E-state index contributed by atoms with van der Waals surface area (Å²) in [5, 5.41) is 0. The first-order chi connectivity index (χ1) is 8.33. The van der Waals surface area contributed by atoms with Crippen molar-refractivity contribution >= 4 is 5.97 Å². The lowest BCUT2D eigenvalue weighted by atomic mass is 9.93. The highest BCUT2D eigenvalue weighted by atomic mass is 19.1. The maximum absolute atomic E-state index is 13.6. The molecule has 0 aliphatic carbocycles. The molecule has 3 nitrogen and oxygen atoms in total. The number of hydrogen-bond donors (Lipinski definition) is 0. The summed E-state index contributed by atoms with van der Waals surface area (Å²) in [5.41, 5.74) is 0.320. The molecule has 0 N–H and O–H groups in total. The lowest BCUT2D eigenvalue weighted by Crippen LogP contribution is -2.11. The molecule has 1 aromatic rings. The minimum absolute atomic E-state index is 0.141. The highest BCUT2D eigenvalue weighted by Crippen LogP contribution is 2.22. The van der Waals surface area contributed by atoms with Crippen LogP contribution >= 0.6 is 0 Å². The molecule has 0 fully saturated rings. The van der Waals surface area contributed by atoms with Gasteiger partial charge in [0.2, 0.25) is 0 Å². The molecule has 0 spiro atoms. The van der Waals surface area contributed by atoms with E-state index >= 15 is 0 Å². The number of esters is 1. The molecule has 1 aromatic carbocycles. The van der Waals surface area contributed by atoms with Crippen molar-refractivity contribution in [2.24, 2.45) is 5.41 Å². The highest BCUT2D eigenvalue weighted by Gasteiger charge is 2.13. The molecule has 4 heteroatoms. The zero-order valence-electron chi connectivity index (χ0n) is 11.2. The molecule has 0 saturated heterocycles. The Balaban J connectivity index is 2.66. The van der Waals surface area contributed by atoms with Crippen LogP contribution < -0.4 is 4.74 Å². The predicted molar refractivity (Wildman–Crippen MR) is 67.3 cm³/mol. The first-order valence-electron chi connectivity index (χ1n) is 5.84. The minimum atomic E-state index is -0.560. The van der Waals surface area contributed by atoms with Crippen molar-refractivity contribution in [1.82, 2.24) is 0 Å². The third-order valence-electron chi connectivity index (χ3n) is 2.46. The molecule has 0 unspecified atom stereocenters. The Hall–Kier alpha value is -1.58. The van der Waals surface area contributed by atoms with E-state index in [1.54, 1.807) is 0 Å². The second kappa shape index (κ2) is 5.85. The van der Waals surface area contributed by atoms with Crippen LogP contribution in [-0.4, -0.2) is 19.7 Å². The van der Waals surface area contributed by atoms with E-state index < -0.39 is 11.8 Å². The van der Waals surface area contributed by atoms with E-state index in [4.69, 9.17) is 4.74 Å².